The maximum Gasteiger partial charge on any atom is 1.00 e. The maximum absolute atomic E-state index is 7.88. The van der Waals surface area contributed by atoms with Gasteiger partial charge in [-0.25, -0.2) is 0 Å². The van der Waals surface area contributed by atoms with Gasteiger partial charge in [-0.2, -0.15) is 0 Å². The second-order valence-corrected chi connectivity index (χ2v) is 0.724. The fraction of sp³-hybridized carbons (Fsp3) is 1.00. The second kappa shape index (κ2) is 8.82. The Hall–Kier alpha value is 0.557. The number of rotatable bonds is 1. The Balaban J connectivity index is 0. The van der Waals surface area contributed by atoms with Crippen molar-refractivity contribution in [3.05, 3.63) is 0 Å². The van der Waals surface area contributed by atoms with Crippen LogP contribution in [0.15, 0.2) is 0 Å². The molecular formula is C3H8LiO+. The Labute approximate surface area is 44.6 Å². The van der Waals surface area contributed by atoms with E-state index >= 15 is 0 Å². The van der Waals surface area contributed by atoms with Crippen molar-refractivity contribution in [1.29, 1.82) is 0 Å². The van der Waals surface area contributed by atoms with E-state index in [4.69, 9.17) is 5.11 Å². The Morgan fingerprint density at radius 1 is 1.60 bits per heavy atom. The van der Waals surface area contributed by atoms with Crippen LogP contribution in [-0.4, -0.2) is 11.7 Å². The molecule has 0 aromatic heterocycles. The van der Waals surface area contributed by atoms with Crippen LogP contribution in [0, 0.1) is 0 Å². The maximum atomic E-state index is 7.88. The predicted octanol–water partition coefficient (Wildman–Crippen LogP) is -2.61. The quantitative estimate of drug-likeness (QED) is 0.333. The average Bonchev–Trinajstić information content (AvgIpc) is 1.37. The molecule has 0 rings (SSSR count). The monoisotopic (exact) mass is 67.1 g/mol. The van der Waals surface area contributed by atoms with Crippen LogP contribution < -0.4 is 18.9 Å². The smallest absolute Gasteiger partial charge is 0.396 e. The summed E-state index contributed by atoms with van der Waals surface area (Å²) in [5, 5.41) is 7.88. The zero-order chi connectivity index (χ0) is 3.41. The third kappa shape index (κ3) is 12.3. The predicted molar refractivity (Wildman–Crippen MR) is 17.4 cm³/mol. The molecule has 0 unspecified atom stereocenters. The molecule has 0 fully saturated rings. The van der Waals surface area contributed by atoms with E-state index in [-0.39, 0.29) is 18.9 Å². The normalized spacial score (nSPS) is 6.00. The third-order valence-corrected chi connectivity index (χ3v) is 0.224. The van der Waals surface area contributed by atoms with E-state index in [2.05, 4.69) is 0 Å². The molecule has 0 saturated carbocycles. The summed E-state index contributed by atoms with van der Waals surface area (Å²) in [7, 11) is 0. The number of aliphatic hydroxyl groups excluding tert-OH is 1. The molecule has 1 N–H and O–H groups in total. The van der Waals surface area contributed by atoms with Gasteiger partial charge in [-0.05, 0) is 6.42 Å². The van der Waals surface area contributed by atoms with Gasteiger partial charge in [-0.3, -0.25) is 0 Å². The summed E-state index contributed by atoms with van der Waals surface area (Å²) in [5.41, 5.74) is 0. The van der Waals surface area contributed by atoms with Gasteiger partial charge >= 0.3 is 18.9 Å². The summed E-state index contributed by atoms with van der Waals surface area (Å²) in [6, 6.07) is 0. The van der Waals surface area contributed by atoms with Crippen LogP contribution in [0.5, 0.6) is 0 Å². The molecule has 1 nitrogen and oxygen atoms in total. The van der Waals surface area contributed by atoms with Gasteiger partial charge in [-0.15, -0.1) is 0 Å². The van der Waals surface area contributed by atoms with Crippen LogP contribution in [0.25, 0.3) is 0 Å². The van der Waals surface area contributed by atoms with Crippen molar-refractivity contribution >= 4 is 0 Å². The minimum atomic E-state index is 0. The molecule has 0 bridgehead atoms. The Kier molecular flexibility index (Phi) is 16.1. The fourth-order valence-electron chi connectivity index (χ4n) is 0. The van der Waals surface area contributed by atoms with Crippen molar-refractivity contribution in [1.82, 2.24) is 0 Å². The first kappa shape index (κ1) is 9.12. The van der Waals surface area contributed by atoms with Crippen molar-refractivity contribution in [3.63, 3.8) is 0 Å². The van der Waals surface area contributed by atoms with Crippen LogP contribution in [0.1, 0.15) is 13.3 Å². The van der Waals surface area contributed by atoms with Gasteiger partial charge in [0, 0.05) is 6.61 Å². The van der Waals surface area contributed by atoms with Gasteiger partial charge in [0.05, 0.1) is 0 Å². The minimum Gasteiger partial charge on any atom is -0.396 e. The Bertz CT molecular complexity index is 8.85. The van der Waals surface area contributed by atoms with Crippen molar-refractivity contribution in [2.75, 3.05) is 6.61 Å². The molecule has 0 spiro atoms. The number of aliphatic hydroxyl groups is 1. The molecular weight excluding hydrogens is 59.0 g/mol. The zero-order valence-corrected chi connectivity index (χ0v) is 3.86. The molecule has 26 valence electrons. The Morgan fingerprint density at radius 3 is 1.80 bits per heavy atom. The minimum absolute atomic E-state index is 0. The van der Waals surface area contributed by atoms with E-state index < -0.39 is 0 Å². The molecule has 0 amide bonds. The first-order valence-corrected chi connectivity index (χ1v) is 1.52. The molecule has 0 aliphatic carbocycles. The molecule has 0 aliphatic heterocycles. The molecule has 0 heterocycles. The largest absolute Gasteiger partial charge is 1.00 e. The zero-order valence-electron chi connectivity index (χ0n) is 3.86. The molecule has 0 saturated heterocycles. The van der Waals surface area contributed by atoms with Crippen LogP contribution in [-0.2, 0) is 0 Å². The number of hydrogen-bond donors (Lipinski definition) is 1. The van der Waals surface area contributed by atoms with E-state index in [1.807, 2.05) is 6.92 Å². The van der Waals surface area contributed by atoms with E-state index in [9.17, 15) is 0 Å². The van der Waals surface area contributed by atoms with Crippen molar-refractivity contribution in [3.8, 4) is 0 Å². The standard InChI is InChI=1S/C3H8O.Li/c1-2-3-4;/h4H,2-3H2,1H3;/q;+1. The summed E-state index contributed by atoms with van der Waals surface area (Å²) >= 11 is 0. The summed E-state index contributed by atoms with van der Waals surface area (Å²) in [4.78, 5) is 0. The first-order chi connectivity index (χ1) is 1.91. The van der Waals surface area contributed by atoms with Crippen LogP contribution in [0.4, 0.5) is 0 Å². The third-order valence-electron chi connectivity index (χ3n) is 0.224. The summed E-state index contributed by atoms with van der Waals surface area (Å²) in [5.74, 6) is 0. The van der Waals surface area contributed by atoms with E-state index in [0.29, 0.717) is 6.61 Å². The van der Waals surface area contributed by atoms with Crippen molar-refractivity contribution in [2.45, 2.75) is 13.3 Å². The van der Waals surface area contributed by atoms with Gasteiger partial charge in [0.1, 0.15) is 0 Å². The van der Waals surface area contributed by atoms with Crippen LogP contribution >= 0.6 is 0 Å². The summed E-state index contributed by atoms with van der Waals surface area (Å²) < 4.78 is 0. The van der Waals surface area contributed by atoms with Crippen molar-refractivity contribution < 1.29 is 24.0 Å². The SMILES string of the molecule is CCCO.[Li+]. The first-order valence-electron chi connectivity index (χ1n) is 1.52. The molecule has 2 heteroatoms. The van der Waals surface area contributed by atoms with Crippen molar-refractivity contribution in [2.24, 2.45) is 0 Å². The molecule has 0 aromatic carbocycles. The van der Waals surface area contributed by atoms with Crippen LogP contribution in [0.2, 0.25) is 0 Å². The van der Waals surface area contributed by atoms with Gasteiger partial charge in [0.25, 0.3) is 0 Å². The summed E-state index contributed by atoms with van der Waals surface area (Å²) in [6.45, 7) is 2.25. The fourth-order valence-corrected chi connectivity index (χ4v) is 0. The topological polar surface area (TPSA) is 20.2 Å². The van der Waals surface area contributed by atoms with Gasteiger partial charge in [-0.1, -0.05) is 6.92 Å². The van der Waals surface area contributed by atoms with Crippen LogP contribution in [0.3, 0.4) is 0 Å². The Morgan fingerprint density at radius 2 is 1.80 bits per heavy atom. The van der Waals surface area contributed by atoms with Gasteiger partial charge < -0.3 is 5.11 Å². The van der Waals surface area contributed by atoms with Gasteiger partial charge in [0.15, 0.2) is 0 Å². The molecule has 5 heavy (non-hydrogen) atoms. The van der Waals surface area contributed by atoms with E-state index in [1.54, 1.807) is 0 Å². The molecule has 0 aromatic rings. The second-order valence-electron chi connectivity index (χ2n) is 0.724. The van der Waals surface area contributed by atoms with E-state index in [1.165, 1.54) is 0 Å². The summed E-state index contributed by atoms with van der Waals surface area (Å²) in [6.07, 6.45) is 0.875. The average molecular weight is 67.0 g/mol. The molecule has 0 aliphatic rings. The molecule has 0 atom stereocenters. The van der Waals surface area contributed by atoms with E-state index in [0.717, 1.165) is 6.42 Å². The van der Waals surface area contributed by atoms with Gasteiger partial charge in [0.2, 0.25) is 0 Å². The number of hydrogen-bond acceptors (Lipinski definition) is 1. The molecule has 0 radical (unpaired) electrons.